The number of amides is 2. The number of carbonyl (C=O) groups excluding carboxylic acids is 3. The number of anilines is 2. The van der Waals surface area contributed by atoms with Crippen LogP contribution in [0.2, 0.25) is 0 Å². The SMILES string of the molecule is COc1cc2c(cc1NC(=O)COC(=O)c1c(NC(C)=O)sc(C)c1C)oc1ccccc12. The maximum absolute atomic E-state index is 12.6. The Balaban J connectivity index is 1.51. The molecule has 0 spiro atoms. The molecule has 0 saturated heterocycles. The van der Waals surface area contributed by atoms with Gasteiger partial charge >= 0.3 is 5.97 Å². The van der Waals surface area contributed by atoms with Crippen LogP contribution >= 0.6 is 11.3 Å². The third kappa shape index (κ3) is 4.40. The van der Waals surface area contributed by atoms with Crippen LogP contribution in [0, 0.1) is 13.8 Å². The minimum Gasteiger partial charge on any atom is -0.495 e. The van der Waals surface area contributed by atoms with Crippen LogP contribution in [-0.2, 0) is 14.3 Å². The Morgan fingerprint density at radius 2 is 1.79 bits per heavy atom. The summed E-state index contributed by atoms with van der Waals surface area (Å²) in [6, 6.07) is 11.1. The van der Waals surface area contributed by atoms with Crippen LogP contribution in [-0.4, -0.2) is 31.5 Å². The summed E-state index contributed by atoms with van der Waals surface area (Å²) in [6.07, 6.45) is 0. The number of nitrogens with one attached hydrogen (secondary N) is 2. The van der Waals surface area contributed by atoms with Gasteiger partial charge in [0.2, 0.25) is 5.91 Å². The second-order valence-corrected chi connectivity index (χ2v) is 8.66. The number of ether oxygens (including phenoxy) is 2. The van der Waals surface area contributed by atoms with Gasteiger partial charge < -0.3 is 24.5 Å². The molecule has 4 rings (SSSR count). The van der Waals surface area contributed by atoms with E-state index in [-0.39, 0.29) is 11.5 Å². The highest BCUT2D eigenvalue weighted by Gasteiger charge is 2.23. The van der Waals surface area contributed by atoms with Crippen LogP contribution in [0.15, 0.2) is 40.8 Å². The lowest BCUT2D eigenvalue weighted by Crippen LogP contribution is -2.22. The Morgan fingerprint density at radius 1 is 1.03 bits per heavy atom. The molecule has 2 N–H and O–H groups in total. The molecule has 2 aromatic carbocycles. The molecule has 4 aromatic rings. The first-order valence-corrected chi connectivity index (χ1v) is 10.9. The Labute approximate surface area is 193 Å². The molecular weight excluding hydrogens is 444 g/mol. The Morgan fingerprint density at radius 3 is 2.52 bits per heavy atom. The zero-order valence-electron chi connectivity index (χ0n) is 18.5. The molecule has 0 atom stereocenters. The fourth-order valence-corrected chi connectivity index (χ4v) is 4.62. The average molecular weight is 467 g/mol. The van der Waals surface area contributed by atoms with Crippen LogP contribution < -0.4 is 15.4 Å². The molecule has 9 heteroatoms. The maximum atomic E-state index is 12.6. The highest BCUT2D eigenvalue weighted by Crippen LogP contribution is 2.36. The lowest BCUT2D eigenvalue weighted by molar-refractivity contribution is -0.119. The Bertz CT molecular complexity index is 1400. The average Bonchev–Trinajstić information content (AvgIpc) is 3.27. The van der Waals surface area contributed by atoms with E-state index < -0.39 is 18.5 Å². The first-order valence-electron chi connectivity index (χ1n) is 10.1. The molecule has 0 aliphatic heterocycles. The number of esters is 1. The number of para-hydroxylation sites is 1. The summed E-state index contributed by atoms with van der Waals surface area (Å²) in [5, 5.41) is 7.54. The number of thiophene rings is 1. The lowest BCUT2D eigenvalue weighted by atomic mass is 10.1. The smallest absolute Gasteiger partial charge is 0.341 e. The molecule has 8 nitrogen and oxygen atoms in total. The minimum atomic E-state index is -0.685. The summed E-state index contributed by atoms with van der Waals surface area (Å²) >= 11 is 1.28. The van der Waals surface area contributed by atoms with Crippen molar-refractivity contribution < 1.29 is 28.3 Å². The number of furan rings is 1. The van der Waals surface area contributed by atoms with E-state index in [0.29, 0.717) is 27.6 Å². The van der Waals surface area contributed by atoms with E-state index >= 15 is 0 Å². The van der Waals surface area contributed by atoms with Crippen LogP contribution in [0.1, 0.15) is 27.7 Å². The summed E-state index contributed by atoms with van der Waals surface area (Å²) in [5.41, 5.74) is 2.66. The van der Waals surface area contributed by atoms with Crippen molar-refractivity contribution >= 4 is 61.7 Å². The molecule has 0 radical (unpaired) electrons. The predicted molar refractivity (Wildman–Crippen MR) is 127 cm³/mol. The van der Waals surface area contributed by atoms with Gasteiger partial charge in [-0.3, -0.25) is 9.59 Å². The zero-order chi connectivity index (χ0) is 23.7. The van der Waals surface area contributed by atoms with E-state index in [0.717, 1.165) is 21.2 Å². The standard InChI is InChI=1S/C24H22N2O6S/c1-12-13(2)33-23(25-14(3)27)22(12)24(29)31-11-21(28)26-17-10-19-16(9-20(17)30-4)15-7-5-6-8-18(15)32-19/h5-10H,11H2,1-4H3,(H,25,27)(H,26,28). The zero-order valence-corrected chi connectivity index (χ0v) is 19.3. The third-order valence-corrected chi connectivity index (χ3v) is 6.31. The van der Waals surface area contributed by atoms with E-state index in [2.05, 4.69) is 10.6 Å². The fraction of sp³-hybridized carbons (Fsp3) is 0.208. The minimum absolute atomic E-state index is 0.252. The van der Waals surface area contributed by atoms with Gasteiger partial charge in [0, 0.05) is 28.6 Å². The molecule has 0 unspecified atom stereocenters. The molecule has 2 aromatic heterocycles. The molecule has 33 heavy (non-hydrogen) atoms. The maximum Gasteiger partial charge on any atom is 0.341 e. The molecule has 2 amide bonds. The van der Waals surface area contributed by atoms with Crippen molar-refractivity contribution in [2.75, 3.05) is 24.4 Å². The molecule has 0 aliphatic carbocycles. The number of benzene rings is 2. The summed E-state index contributed by atoms with van der Waals surface area (Å²) < 4.78 is 16.5. The topological polar surface area (TPSA) is 107 Å². The van der Waals surface area contributed by atoms with Crippen molar-refractivity contribution in [2.45, 2.75) is 20.8 Å². The Hall–Kier alpha value is -3.85. The lowest BCUT2D eigenvalue weighted by Gasteiger charge is -2.11. The second-order valence-electron chi connectivity index (χ2n) is 7.44. The number of aryl methyl sites for hydroxylation is 1. The van der Waals surface area contributed by atoms with Gasteiger partial charge in [-0.05, 0) is 31.5 Å². The van der Waals surface area contributed by atoms with E-state index in [1.54, 1.807) is 19.1 Å². The molecule has 170 valence electrons. The third-order valence-electron chi connectivity index (χ3n) is 5.19. The van der Waals surface area contributed by atoms with Gasteiger partial charge in [0.25, 0.3) is 5.91 Å². The van der Waals surface area contributed by atoms with Gasteiger partial charge in [-0.1, -0.05) is 18.2 Å². The first-order chi connectivity index (χ1) is 15.8. The van der Waals surface area contributed by atoms with Crippen molar-refractivity contribution in [2.24, 2.45) is 0 Å². The monoisotopic (exact) mass is 466 g/mol. The van der Waals surface area contributed by atoms with E-state index in [1.807, 2.05) is 31.2 Å². The van der Waals surface area contributed by atoms with E-state index in [1.165, 1.54) is 25.4 Å². The largest absolute Gasteiger partial charge is 0.495 e. The van der Waals surface area contributed by atoms with E-state index in [4.69, 9.17) is 13.9 Å². The van der Waals surface area contributed by atoms with Crippen molar-refractivity contribution in [1.82, 2.24) is 0 Å². The number of fused-ring (bicyclic) bond motifs is 3. The molecular formula is C24H22N2O6S. The molecule has 0 fully saturated rings. The highest BCUT2D eigenvalue weighted by atomic mass is 32.1. The van der Waals surface area contributed by atoms with Crippen molar-refractivity contribution in [1.29, 1.82) is 0 Å². The summed E-state index contributed by atoms with van der Waals surface area (Å²) in [7, 11) is 1.50. The normalized spacial score (nSPS) is 10.9. The highest BCUT2D eigenvalue weighted by molar-refractivity contribution is 7.16. The molecule has 0 saturated carbocycles. The summed E-state index contributed by atoms with van der Waals surface area (Å²) in [6.45, 7) is 4.46. The van der Waals surface area contributed by atoms with Crippen LogP contribution in [0.5, 0.6) is 5.75 Å². The van der Waals surface area contributed by atoms with Gasteiger partial charge in [0.05, 0.1) is 18.4 Å². The molecule has 2 heterocycles. The molecule has 0 bridgehead atoms. The number of carbonyl (C=O) groups is 3. The summed E-state index contributed by atoms with van der Waals surface area (Å²) in [5.74, 6) is -1.07. The molecule has 0 aliphatic rings. The fourth-order valence-electron chi connectivity index (χ4n) is 3.53. The van der Waals surface area contributed by atoms with Crippen molar-refractivity contribution in [3.05, 3.63) is 52.4 Å². The van der Waals surface area contributed by atoms with E-state index in [9.17, 15) is 14.4 Å². The second kappa shape index (κ2) is 8.95. The number of rotatable bonds is 6. The van der Waals surface area contributed by atoms with Gasteiger partial charge in [0.1, 0.15) is 21.9 Å². The number of hydrogen-bond acceptors (Lipinski definition) is 7. The Kier molecular flexibility index (Phi) is 6.06. The number of hydrogen-bond donors (Lipinski definition) is 2. The van der Waals surface area contributed by atoms with Crippen molar-refractivity contribution in [3.8, 4) is 5.75 Å². The van der Waals surface area contributed by atoms with Gasteiger partial charge in [-0.2, -0.15) is 0 Å². The number of methoxy groups -OCH3 is 1. The van der Waals surface area contributed by atoms with Gasteiger partial charge in [0.15, 0.2) is 6.61 Å². The first kappa shape index (κ1) is 22.3. The van der Waals surface area contributed by atoms with Crippen LogP contribution in [0.4, 0.5) is 10.7 Å². The van der Waals surface area contributed by atoms with Gasteiger partial charge in [-0.15, -0.1) is 11.3 Å². The van der Waals surface area contributed by atoms with Crippen LogP contribution in [0.3, 0.4) is 0 Å². The van der Waals surface area contributed by atoms with Crippen molar-refractivity contribution in [3.63, 3.8) is 0 Å². The van der Waals surface area contributed by atoms with Gasteiger partial charge in [-0.25, -0.2) is 4.79 Å². The quantitative estimate of drug-likeness (QED) is 0.386. The summed E-state index contributed by atoms with van der Waals surface area (Å²) in [4.78, 5) is 37.5. The van der Waals surface area contributed by atoms with Crippen LogP contribution in [0.25, 0.3) is 21.9 Å². The predicted octanol–water partition coefficient (Wildman–Crippen LogP) is 5.03.